The molecule has 1 amide bonds. The number of methoxy groups -OCH3 is 1. The average Bonchev–Trinajstić information content (AvgIpc) is 3.10. The number of amides is 1. The summed E-state index contributed by atoms with van der Waals surface area (Å²) in [6, 6.07) is 9.58. The Hall–Kier alpha value is -3.94. The number of anilines is 1. The fourth-order valence-corrected chi connectivity index (χ4v) is 3.70. The third kappa shape index (κ3) is 4.05. The fourth-order valence-electron chi connectivity index (χ4n) is 3.70. The summed E-state index contributed by atoms with van der Waals surface area (Å²) in [5, 5.41) is 8.28. The van der Waals surface area contributed by atoms with Crippen LogP contribution >= 0.6 is 0 Å². The zero-order valence-corrected chi connectivity index (χ0v) is 17.6. The molecule has 0 aliphatic carbocycles. The van der Waals surface area contributed by atoms with Crippen LogP contribution in [0.2, 0.25) is 0 Å². The van der Waals surface area contributed by atoms with Crippen molar-refractivity contribution in [3.8, 4) is 16.9 Å². The summed E-state index contributed by atoms with van der Waals surface area (Å²) in [5.41, 5.74) is 11.1. The second-order valence-corrected chi connectivity index (χ2v) is 7.24. The Balaban J connectivity index is 1.87. The van der Waals surface area contributed by atoms with E-state index in [2.05, 4.69) is 20.4 Å². The highest BCUT2D eigenvalue weighted by molar-refractivity contribution is 5.98. The Morgan fingerprint density at radius 3 is 2.71 bits per heavy atom. The number of hydrogen-bond donors (Lipinski definition) is 2. The van der Waals surface area contributed by atoms with Crippen molar-refractivity contribution in [3.63, 3.8) is 0 Å². The standard InChI is InChI=1S/C23H23N5O3/c1-13-22(14(2)31-28-13)18-9-19-17(10-20(18)30-3)23(15(11-26-19)8-21(24)29)27-12-16-6-4-5-7-25-16/h4-7,9-11H,8,12H2,1-3H3,(H2,24,29)(H,26,27). The minimum atomic E-state index is -0.429. The summed E-state index contributed by atoms with van der Waals surface area (Å²) < 4.78 is 11.0. The van der Waals surface area contributed by atoms with Crippen molar-refractivity contribution in [1.29, 1.82) is 0 Å². The van der Waals surface area contributed by atoms with E-state index in [9.17, 15) is 4.79 Å². The number of pyridine rings is 2. The van der Waals surface area contributed by atoms with Crippen LogP contribution in [0, 0.1) is 13.8 Å². The number of nitrogens with one attached hydrogen (secondary N) is 1. The zero-order chi connectivity index (χ0) is 22.0. The van der Waals surface area contributed by atoms with Gasteiger partial charge in [0.25, 0.3) is 0 Å². The largest absolute Gasteiger partial charge is 0.496 e. The lowest BCUT2D eigenvalue weighted by Crippen LogP contribution is -2.16. The molecule has 8 nitrogen and oxygen atoms in total. The Morgan fingerprint density at radius 1 is 1.23 bits per heavy atom. The van der Waals surface area contributed by atoms with Gasteiger partial charge in [-0.2, -0.15) is 0 Å². The van der Waals surface area contributed by atoms with Crippen LogP contribution in [0.1, 0.15) is 22.7 Å². The molecule has 1 aromatic carbocycles. The molecule has 0 radical (unpaired) electrons. The van der Waals surface area contributed by atoms with E-state index in [0.29, 0.717) is 23.6 Å². The summed E-state index contributed by atoms with van der Waals surface area (Å²) in [7, 11) is 1.62. The van der Waals surface area contributed by atoms with Gasteiger partial charge < -0.3 is 20.3 Å². The predicted octanol–water partition coefficient (Wildman–Crippen LogP) is 3.55. The van der Waals surface area contributed by atoms with Crippen molar-refractivity contribution >= 4 is 22.5 Å². The number of benzene rings is 1. The molecule has 158 valence electrons. The summed E-state index contributed by atoms with van der Waals surface area (Å²) in [6.45, 7) is 4.24. The third-order valence-electron chi connectivity index (χ3n) is 5.11. The van der Waals surface area contributed by atoms with Crippen molar-refractivity contribution in [2.24, 2.45) is 5.73 Å². The maximum absolute atomic E-state index is 11.7. The van der Waals surface area contributed by atoms with Crippen molar-refractivity contribution in [1.82, 2.24) is 15.1 Å². The highest BCUT2D eigenvalue weighted by Gasteiger charge is 2.19. The molecule has 8 heteroatoms. The molecule has 3 aromatic heterocycles. The average molecular weight is 417 g/mol. The monoisotopic (exact) mass is 417 g/mol. The molecule has 3 heterocycles. The molecule has 31 heavy (non-hydrogen) atoms. The molecule has 3 N–H and O–H groups in total. The van der Waals surface area contributed by atoms with E-state index in [1.807, 2.05) is 44.2 Å². The van der Waals surface area contributed by atoms with Crippen LogP contribution in [0.15, 0.2) is 47.2 Å². The second-order valence-electron chi connectivity index (χ2n) is 7.24. The highest BCUT2D eigenvalue weighted by Crippen LogP contribution is 2.39. The number of rotatable bonds is 7. The second kappa shape index (κ2) is 8.43. The van der Waals surface area contributed by atoms with Crippen LogP contribution < -0.4 is 15.8 Å². The van der Waals surface area contributed by atoms with Gasteiger partial charge in [-0.05, 0) is 38.1 Å². The first kappa shape index (κ1) is 20.3. The molecule has 4 aromatic rings. The number of hydrogen-bond acceptors (Lipinski definition) is 7. The Labute approximate surface area is 179 Å². The summed E-state index contributed by atoms with van der Waals surface area (Å²) in [5.74, 6) is 0.927. The molecule has 0 aliphatic rings. The number of nitrogens with zero attached hydrogens (tertiary/aromatic N) is 3. The maximum Gasteiger partial charge on any atom is 0.221 e. The number of aromatic nitrogens is 3. The van der Waals surface area contributed by atoms with E-state index in [4.69, 9.17) is 15.0 Å². The van der Waals surface area contributed by atoms with Crippen LogP contribution in [0.3, 0.4) is 0 Å². The van der Waals surface area contributed by atoms with Gasteiger partial charge in [0.15, 0.2) is 0 Å². The van der Waals surface area contributed by atoms with E-state index in [1.54, 1.807) is 19.5 Å². The number of carbonyl (C=O) groups excluding carboxylic acids is 1. The quantitative estimate of drug-likeness (QED) is 0.472. The molecule has 0 fully saturated rings. The van der Waals surface area contributed by atoms with Gasteiger partial charge in [0.2, 0.25) is 5.91 Å². The van der Waals surface area contributed by atoms with Gasteiger partial charge in [0, 0.05) is 34.6 Å². The van der Waals surface area contributed by atoms with Crippen molar-refractivity contribution in [3.05, 3.63) is 65.4 Å². The molecule has 0 saturated carbocycles. The van der Waals surface area contributed by atoms with Gasteiger partial charge >= 0.3 is 0 Å². The molecule has 0 atom stereocenters. The van der Waals surface area contributed by atoms with Gasteiger partial charge in [-0.25, -0.2) is 0 Å². The van der Waals surface area contributed by atoms with Gasteiger partial charge in [-0.1, -0.05) is 11.2 Å². The predicted molar refractivity (Wildman–Crippen MR) is 118 cm³/mol. The molecular formula is C23H23N5O3. The van der Waals surface area contributed by atoms with E-state index < -0.39 is 5.91 Å². The summed E-state index contributed by atoms with van der Waals surface area (Å²) >= 11 is 0. The molecule has 0 saturated heterocycles. The molecule has 0 bridgehead atoms. The Bertz CT molecular complexity index is 1230. The van der Waals surface area contributed by atoms with Gasteiger partial charge in [0.05, 0.1) is 42.5 Å². The summed E-state index contributed by atoms with van der Waals surface area (Å²) in [4.78, 5) is 20.6. The minimum absolute atomic E-state index is 0.0709. The van der Waals surface area contributed by atoms with Gasteiger partial charge in [-0.3, -0.25) is 14.8 Å². The van der Waals surface area contributed by atoms with Crippen molar-refractivity contribution < 1.29 is 14.1 Å². The van der Waals surface area contributed by atoms with E-state index in [1.165, 1.54) is 0 Å². The topological polar surface area (TPSA) is 116 Å². The molecule has 0 spiro atoms. The van der Waals surface area contributed by atoms with Crippen molar-refractivity contribution in [2.75, 3.05) is 12.4 Å². The Kier molecular flexibility index (Phi) is 5.53. The molecule has 4 rings (SSSR count). The van der Waals surface area contributed by atoms with Gasteiger partial charge in [-0.15, -0.1) is 0 Å². The van der Waals surface area contributed by atoms with Gasteiger partial charge in [0.1, 0.15) is 11.5 Å². The fraction of sp³-hybridized carbons (Fsp3) is 0.217. The summed E-state index contributed by atoms with van der Waals surface area (Å²) in [6.07, 6.45) is 3.49. The van der Waals surface area contributed by atoms with Crippen LogP contribution in [-0.2, 0) is 17.8 Å². The smallest absolute Gasteiger partial charge is 0.221 e. The van der Waals surface area contributed by atoms with Crippen LogP contribution in [0.25, 0.3) is 22.0 Å². The van der Waals surface area contributed by atoms with E-state index in [-0.39, 0.29) is 6.42 Å². The first-order valence-electron chi connectivity index (χ1n) is 9.83. The molecular weight excluding hydrogens is 394 g/mol. The lowest BCUT2D eigenvalue weighted by Gasteiger charge is -2.16. The first-order valence-corrected chi connectivity index (χ1v) is 9.83. The minimum Gasteiger partial charge on any atom is -0.496 e. The number of nitrogens with two attached hydrogens (primary N) is 1. The normalized spacial score (nSPS) is 10.9. The number of carbonyl (C=O) groups is 1. The molecule has 0 unspecified atom stereocenters. The number of aryl methyl sites for hydroxylation is 2. The zero-order valence-electron chi connectivity index (χ0n) is 17.6. The van der Waals surface area contributed by atoms with Crippen molar-refractivity contribution in [2.45, 2.75) is 26.8 Å². The molecule has 0 aliphatic heterocycles. The Morgan fingerprint density at radius 2 is 2.06 bits per heavy atom. The number of ether oxygens (including phenoxy) is 1. The van der Waals surface area contributed by atoms with Crippen LogP contribution in [-0.4, -0.2) is 28.1 Å². The number of primary amides is 1. The lowest BCUT2D eigenvalue weighted by atomic mass is 9.98. The first-order chi connectivity index (χ1) is 15.0. The van der Waals surface area contributed by atoms with E-state index >= 15 is 0 Å². The third-order valence-corrected chi connectivity index (χ3v) is 5.11. The SMILES string of the molecule is COc1cc2c(NCc3ccccn3)c(CC(N)=O)cnc2cc1-c1c(C)noc1C. The van der Waals surface area contributed by atoms with E-state index in [0.717, 1.165) is 39.1 Å². The highest BCUT2D eigenvalue weighted by atomic mass is 16.5. The van der Waals surface area contributed by atoms with Crippen LogP contribution in [0.5, 0.6) is 5.75 Å². The lowest BCUT2D eigenvalue weighted by molar-refractivity contribution is -0.117. The number of fused-ring (bicyclic) bond motifs is 1. The maximum atomic E-state index is 11.7. The van der Waals surface area contributed by atoms with Crippen LogP contribution in [0.4, 0.5) is 5.69 Å².